The fourth-order valence-corrected chi connectivity index (χ4v) is 2.89. The van der Waals surface area contributed by atoms with Gasteiger partial charge in [-0.15, -0.1) is 0 Å². The molecule has 0 heterocycles. The predicted molar refractivity (Wildman–Crippen MR) is 88.7 cm³/mol. The number of hydrogen-bond acceptors (Lipinski definition) is 4. The highest BCUT2D eigenvalue weighted by atomic mass is 32.2. The van der Waals surface area contributed by atoms with Gasteiger partial charge in [0.05, 0.1) is 26.9 Å². The summed E-state index contributed by atoms with van der Waals surface area (Å²) in [6, 6.07) is 12.0. The molecule has 0 aliphatic heterocycles. The van der Waals surface area contributed by atoms with E-state index in [2.05, 4.69) is 5.32 Å². The topological polar surface area (TPSA) is 72.5 Å². The molecule has 2 aromatic carbocycles. The van der Waals surface area contributed by atoms with E-state index in [1.165, 1.54) is 24.3 Å². The standard InChI is InChI=1S/C17H16FNO4S/c1-2-24(22)15-10-6-3-7-12(15)17(21)23-11-16(20)19-14-9-5-4-8-13(14)18/h3-10H,2,11H2,1H3,(H,19,20)/t24-/m0/s1. The molecule has 1 amide bonds. The van der Waals surface area contributed by atoms with Crippen molar-refractivity contribution in [2.45, 2.75) is 11.8 Å². The van der Waals surface area contributed by atoms with Crippen LogP contribution in [-0.2, 0) is 20.3 Å². The number of esters is 1. The van der Waals surface area contributed by atoms with Crippen molar-refractivity contribution in [1.82, 2.24) is 0 Å². The smallest absolute Gasteiger partial charge is 0.339 e. The molecule has 5 nitrogen and oxygen atoms in total. The lowest BCUT2D eigenvalue weighted by Crippen LogP contribution is -2.22. The summed E-state index contributed by atoms with van der Waals surface area (Å²) in [4.78, 5) is 24.2. The molecule has 2 rings (SSSR count). The Morgan fingerprint density at radius 1 is 1.12 bits per heavy atom. The van der Waals surface area contributed by atoms with Crippen LogP contribution in [0, 0.1) is 5.82 Å². The SMILES string of the molecule is CC[S@](=O)c1ccccc1C(=O)OCC(=O)Nc1ccccc1F. The molecule has 1 N–H and O–H groups in total. The van der Waals surface area contributed by atoms with Gasteiger partial charge in [-0.05, 0) is 24.3 Å². The third-order valence-corrected chi connectivity index (χ3v) is 4.47. The Balaban J connectivity index is 2.00. The Bertz CT molecular complexity index is 779. The second-order valence-electron chi connectivity index (χ2n) is 4.73. The van der Waals surface area contributed by atoms with Gasteiger partial charge in [-0.2, -0.15) is 0 Å². The average molecular weight is 349 g/mol. The maximum atomic E-state index is 13.4. The summed E-state index contributed by atoms with van der Waals surface area (Å²) in [5, 5.41) is 2.31. The van der Waals surface area contributed by atoms with E-state index in [4.69, 9.17) is 4.74 Å². The van der Waals surface area contributed by atoms with Crippen molar-refractivity contribution in [2.24, 2.45) is 0 Å². The molecular formula is C17H16FNO4S. The number of carbonyl (C=O) groups is 2. The van der Waals surface area contributed by atoms with Gasteiger partial charge in [-0.25, -0.2) is 9.18 Å². The molecular weight excluding hydrogens is 333 g/mol. The number of amides is 1. The summed E-state index contributed by atoms with van der Waals surface area (Å²) in [6.07, 6.45) is 0. The predicted octanol–water partition coefficient (Wildman–Crippen LogP) is 2.75. The molecule has 0 saturated heterocycles. The first kappa shape index (κ1) is 17.8. The van der Waals surface area contributed by atoms with Crippen LogP contribution in [0.2, 0.25) is 0 Å². The molecule has 0 fully saturated rings. The van der Waals surface area contributed by atoms with Gasteiger partial charge in [-0.1, -0.05) is 31.2 Å². The Kier molecular flexibility index (Phi) is 6.20. The van der Waals surface area contributed by atoms with E-state index in [0.717, 1.165) is 0 Å². The van der Waals surface area contributed by atoms with Crippen molar-refractivity contribution < 1.29 is 22.9 Å². The van der Waals surface area contributed by atoms with Crippen molar-refractivity contribution >= 4 is 28.4 Å². The number of hydrogen-bond donors (Lipinski definition) is 1. The zero-order chi connectivity index (χ0) is 17.5. The van der Waals surface area contributed by atoms with E-state index in [1.807, 2.05) is 0 Å². The molecule has 126 valence electrons. The van der Waals surface area contributed by atoms with E-state index in [0.29, 0.717) is 10.6 Å². The fraction of sp³-hybridized carbons (Fsp3) is 0.176. The monoisotopic (exact) mass is 349 g/mol. The maximum Gasteiger partial charge on any atom is 0.339 e. The van der Waals surface area contributed by atoms with Crippen LogP contribution in [0.1, 0.15) is 17.3 Å². The Hall–Kier alpha value is -2.54. The molecule has 0 saturated carbocycles. The molecule has 7 heteroatoms. The number of para-hydroxylation sites is 1. The highest BCUT2D eigenvalue weighted by Crippen LogP contribution is 2.15. The zero-order valence-electron chi connectivity index (χ0n) is 13.0. The van der Waals surface area contributed by atoms with E-state index < -0.39 is 35.1 Å². The third-order valence-electron chi connectivity index (χ3n) is 3.10. The van der Waals surface area contributed by atoms with Crippen molar-refractivity contribution in [3.63, 3.8) is 0 Å². The van der Waals surface area contributed by atoms with E-state index >= 15 is 0 Å². The number of halogens is 1. The summed E-state index contributed by atoms with van der Waals surface area (Å²) in [5.41, 5.74) is 0.155. The van der Waals surface area contributed by atoms with Crippen LogP contribution in [0.5, 0.6) is 0 Å². The zero-order valence-corrected chi connectivity index (χ0v) is 13.8. The van der Waals surface area contributed by atoms with Gasteiger partial charge in [-0.3, -0.25) is 9.00 Å². The molecule has 0 aliphatic carbocycles. The van der Waals surface area contributed by atoms with Crippen molar-refractivity contribution in [3.05, 3.63) is 59.9 Å². The highest BCUT2D eigenvalue weighted by molar-refractivity contribution is 7.85. The molecule has 2 aromatic rings. The van der Waals surface area contributed by atoms with E-state index in [9.17, 15) is 18.2 Å². The van der Waals surface area contributed by atoms with Gasteiger partial charge in [0, 0.05) is 5.75 Å². The lowest BCUT2D eigenvalue weighted by atomic mass is 10.2. The first-order valence-electron chi connectivity index (χ1n) is 7.21. The van der Waals surface area contributed by atoms with Gasteiger partial charge in [0.15, 0.2) is 6.61 Å². The average Bonchev–Trinajstić information content (AvgIpc) is 2.61. The van der Waals surface area contributed by atoms with Crippen LogP contribution in [0.3, 0.4) is 0 Å². The van der Waals surface area contributed by atoms with Gasteiger partial charge >= 0.3 is 5.97 Å². The number of rotatable bonds is 6. The fourth-order valence-electron chi connectivity index (χ4n) is 1.95. The minimum Gasteiger partial charge on any atom is -0.452 e. The summed E-state index contributed by atoms with van der Waals surface area (Å²) < 4.78 is 30.3. The third kappa shape index (κ3) is 4.48. The van der Waals surface area contributed by atoms with Crippen LogP contribution in [0.4, 0.5) is 10.1 Å². The van der Waals surface area contributed by atoms with Crippen molar-refractivity contribution in [3.8, 4) is 0 Å². The maximum absolute atomic E-state index is 13.4. The van der Waals surface area contributed by atoms with Crippen LogP contribution in [-0.4, -0.2) is 28.4 Å². The summed E-state index contributed by atoms with van der Waals surface area (Å²) in [6.45, 7) is 1.17. The molecule has 0 radical (unpaired) electrons. The molecule has 0 aliphatic rings. The van der Waals surface area contributed by atoms with Crippen LogP contribution in [0.15, 0.2) is 53.4 Å². The molecule has 1 atom stereocenters. The van der Waals surface area contributed by atoms with E-state index in [1.54, 1.807) is 31.2 Å². The number of benzene rings is 2. The van der Waals surface area contributed by atoms with Crippen molar-refractivity contribution in [1.29, 1.82) is 0 Å². The quantitative estimate of drug-likeness (QED) is 0.814. The molecule has 0 aromatic heterocycles. The van der Waals surface area contributed by atoms with Gasteiger partial charge in [0.25, 0.3) is 5.91 Å². The summed E-state index contributed by atoms with van der Waals surface area (Å²) in [5.74, 6) is -1.64. The van der Waals surface area contributed by atoms with Crippen LogP contribution < -0.4 is 5.32 Å². The largest absolute Gasteiger partial charge is 0.452 e. The molecule has 0 unspecified atom stereocenters. The Morgan fingerprint density at radius 3 is 2.50 bits per heavy atom. The second-order valence-corrected chi connectivity index (χ2v) is 6.44. The normalized spacial score (nSPS) is 11.6. The van der Waals surface area contributed by atoms with E-state index in [-0.39, 0.29) is 11.3 Å². The Labute approximate surface area is 141 Å². The minimum absolute atomic E-state index is 0.00559. The number of anilines is 1. The molecule has 0 bridgehead atoms. The van der Waals surface area contributed by atoms with Crippen LogP contribution in [0.25, 0.3) is 0 Å². The Morgan fingerprint density at radius 2 is 1.79 bits per heavy atom. The lowest BCUT2D eigenvalue weighted by molar-refractivity contribution is -0.119. The van der Waals surface area contributed by atoms with Gasteiger partial charge in [0.1, 0.15) is 5.82 Å². The molecule has 0 spiro atoms. The summed E-state index contributed by atoms with van der Waals surface area (Å²) in [7, 11) is -1.32. The minimum atomic E-state index is -1.32. The number of nitrogens with one attached hydrogen (secondary N) is 1. The lowest BCUT2D eigenvalue weighted by Gasteiger charge is -2.09. The summed E-state index contributed by atoms with van der Waals surface area (Å²) >= 11 is 0. The number of carbonyl (C=O) groups excluding carboxylic acids is 2. The first-order chi connectivity index (χ1) is 11.5. The molecule has 24 heavy (non-hydrogen) atoms. The second kappa shape index (κ2) is 8.35. The van der Waals surface area contributed by atoms with Crippen molar-refractivity contribution in [2.75, 3.05) is 17.7 Å². The van der Waals surface area contributed by atoms with Gasteiger partial charge in [0.2, 0.25) is 0 Å². The van der Waals surface area contributed by atoms with Gasteiger partial charge < -0.3 is 10.1 Å². The number of ether oxygens (including phenoxy) is 1. The first-order valence-corrected chi connectivity index (χ1v) is 8.53. The highest BCUT2D eigenvalue weighted by Gasteiger charge is 2.17. The van der Waals surface area contributed by atoms with Crippen LogP contribution >= 0.6 is 0 Å².